The lowest BCUT2D eigenvalue weighted by molar-refractivity contribution is -0.116. The monoisotopic (exact) mass is 380 g/mol. The minimum Gasteiger partial charge on any atom is -0.326 e. The molecule has 3 rings (SSSR count). The molecule has 2 amide bonds. The maximum absolute atomic E-state index is 12.2. The normalized spacial score (nSPS) is 15.2. The largest absolute Gasteiger partial charge is 0.326 e. The number of hydrogen-bond donors (Lipinski definition) is 2. The summed E-state index contributed by atoms with van der Waals surface area (Å²) in [6.07, 6.45) is 0.478. The smallest absolute Gasteiger partial charge is 0.225 e. The fourth-order valence-electron chi connectivity index (χ4n) is 3.34. The Balaban J connectivity index is 1.35. The molecule has 6 nitrogen and oxygen atoms in total. The lowest BCUT2D eigenvalue weighted by Crippen LogP contribution is -2.46. The first-order chi connectivity index (χ1) is 13.6. The minimum atomic E-state index is -0.111. The van der Waals surface area contributed by atoms with Crippen LogP contribution in [0.1, 0.15) is 18.9 Å². The van der Waals surface area contributed by atoms with Gasteiger partial charge in [0.1, 0.15) is 0 Å². The van der Waals surface area contributed by atoms with E-state index in [4.69, 9.17) is 0 Å². The van der Waals surface area contributed by atoms with E-state index in [1.807, 2.05) is 6.07 Å². The second kappa shape index (κ2) is 10.0. The Morgan fingerprint density at radius 3 is 2.00 bits per heavy atom. The third-order valence-corrected chi connectivity index (χ3v) is 4.86. The first-order valence-corrected chi connectivity index (χ1v) is 9.74. The average molecular weight is 380 g/mol. The highest BCUT2D eigenvalue weighted by molar-refractivity contribution is 5.92. The molecule has 1 aliphatic heterocycles. The molecule has 0 unspecified atom stereocenters. The molecule has 0 aromatic heterocycles. The fourth-order valence-corrected chi connectivity index (χ4v) is 3.34. The molecule has 148 valence electrons. The molecule has 0 bridgehead atoms. The summed E-state index contributed by atoms with van der Waals surface area (Å²) in [4.78, 5) is 28.0. The highest BCUT2D eigenvalue weighted by atomic mass is 16.2. The Bertz CT molecular complexity index is 769. The SMILES string of the molecule is CC(=O)Nc1ccc(NC(=O)CCN2CCN(Cc3ccccc3)CC2)cc1. The standard InChI is InChI=1S/C22H28N4O2/c1-18(27)23-20-7-9-21(10-8-20)24-22(28)11-12-25-13-15-26(16-14-25)17-19-5-3-2-4-6-19/h2-10H,11-17H2,1H3,(H,23,27)(H,24,28). The van der Waals surface area contributed by atoms with Gasteiger partial charge in [0, 0.05) is 64.0 Å². The van der Waals surface area contributed by atoms with E-state index < -0.39 is 0 Å². The van der Waals surface area contributed by atoms with Gasteiger partial charge in [-0.15, -0.1) is 0 Å². The predicted molar refractivity (Wildman–Crippen MR) is 112 cm³/mol. The van der Waals surface area contributed by atoms with Crippen LogP contribution >= 0.6 is 0 Å². The lowest BCUT2D eigenvalue weighted by atomic mass is 10.2. The first kappa shape index (κ1) is 20.0. The van der Waals surface area contributed by atoms with Crippen molar-refractivity contribution in [3.8, 4) is 0 Å². The van der Waals surface area contributed by atoms with Gasteiger partial charge >= 0.3 is 0 Å². The van der Waals surface area contributed by atoms with Gasteiger partial charge < -0.3 is 15.5 Å². The van der Waals surface area contributed by atoms with E-state index in [2.05, 4.69) is 44.7 Å². The van der Waals surface area contributed by atoms with Crippen molar-refractivity contribution in [1.82, 2.24) is 9.80 Å². The number of nitrogens with zero attached hydrogens (tertiary/aromatic N) is 2. The molecule has 1 aliphatic rings. The van der Waals surface area contributed by atoms with Gasteiger partial charge in [-0.05, 0) is 29.8 Å². The van der Waals surface area contributed by atoms with Crippen LogP contribution in [0.25, 0.3) is 0 Å². The molecule has 2 aromatic rings. The molecule has 28 heavy (non-hydrogen) atoms. The third kappa shape index (κ3) is 6.48. The van der Waals surface area contributed by atoms with E-state index in [9.17, 15) is 9.59 Å². The number of piperazine rings is 1. The number of benzene rings is 2. The van der Waals surface area contributed by atoms with Crippen molar-refractivity contribution in [2.75, 3.05) is 43.4 Å². The quantitative estimate of drug-likeness (QED) is 0.775. The lowest BCUT2D eigenvalue weighted by Gasteiger charge is -2.34. The fraction of sp³-hybridized carbons (Fsp3) is 0.364. The van der Waals surface area contributed by atoms with Crippen LogP contribution < -0.4 is 10.6 Å². The van der Waals surface area contributed by atoms with Crippen LogP contribution in [0.2, 0.25) is 0 Å². The van der Waals surface area contributed by atoms with Crippen LogP contribution in [0.15, 0.2) is 54.6 Å². The van der Waals surface area contributed by atoms with Gasteiger partial charge in [-0.2, -0.15) is 0 Å². The maximum Gasteiger partial charge on any atom is 0.225 e. The van der Waals surface area contributed by atoms with E-state index in [0.29, 0.717) is 6.42 Å². The van der Waals surface area contributed by atoms with Gasteiger partial charge in [-0.3, -0.25) is 14.5 Å². The summed E-state index contributed by atoms with van der Waals surface area (Å²) >= 11 is 0. The number of anilines is 2. The van der Waals surface area contributed by atoms with Gasteiger partial charge in [-0.25, -0.2) is 0 Å². The van der Waals surface area contributed by atoms with Crippen molar-refractivity contribution in [2.24, 2.45) is 0 Å². The van der Waals surface area contributed by atoms with E-state index in [0.717, 1.165) is 50.6 Å². The second-order valence-electron chi connectivity index (χ2n) is 7.16. The molecule has 1 saturated heterocycles. The first-order valence-electron chi connectivity index (χ1n) is 9.74. The molecule has 1 fully saturated rings. The van der Waals surface area contributed by atoms with E-state index >= 15 is 0 Å². The summed E-state index contributed by atoms with van der Waals surface area (Å²) < 4.78 is 0. The maximum atomic E-state index is 12.2. The van der Waals surface area contributed by atoms with Gasteiger partial charge in [0.15, 0.2) is 0 Å². The Kier molecular flexibility index (Phi) is 7.17. The highest BCUT2D eigenvalue weighted by Gasteiger charge is 2.17. The van der Waals surface area contributed by atoms with Crippen LogP contribution in [-0.4, -0.2) is 54.3 Å². The van der Waals surface area contributed by atoms with Crippen LogP contribution in [0.4, 0.5) is 11.4 Å². The summed E-state index contributed by atoms with van der Waals surface area (Å²) in [6.45, 7) is 7.27. The van der Waals surface area contributed by atoms with Crippen molar-refractivity contribution >= 4 is 23.2 Å². The third-order valence-electron chi connectivity index (χ3n) is 4.86. The molecule has 0 radical (unpaired) electrons. The van der Waals surface area contributed by atoms with Crippen molar-refractivity contribution in [1.29, 1.82) is 0 Å². The van der Waals surface area contributed by atoms with Gasteiger partial charge in [0.05, 0.1) is 0 Å². The summed E-state index contributed by atoms with van der Waals surface area (Å²) in [6, 6.07) is 17.7. The molecule has 2 aromatic carbocycles. The molecule has 0 spiro atoms. The summed E-state index contributed by atoms with van der Waals surface area (Å²) in [5.74, 6) is -0.0976. The average Bonchev–Trinajstić information content (AvgIpc) is 2.69. The van der Waals surface area contributed by atoms with Gasteiger partial charge in [-0.1, -0.05) is 30.3 Å². The summed E-state index contributed by atoms with van der Waals surface area (Å²) in [5, 5.41) is 5.62. The second-order valence-corrected chi connectivity index (χ2v) is 7.16. The van der Waals surface area contributed by atoms with Crippen LogP contribution in [0.5, 0.6) is 0 Å². The predicted octanol–water partition coefficient (Wildman–Crippen LogP) is 2.79. The van der Waals surface area contributed by atoms with Crippen LogP contribution in [0, 0.1) is 0 Å². The molecule has 0 saturated carbocycles. The molecule has 2 N–H and O–H groups in total. The van der Waals surface area contributed by atoms with Crippen LogP contribution in [0.3, 0.4) is 0 Å². The number of amides is 2. The van der Waals surface area contributed by atoms with Gasteiger partial charge in [0.2, 0.25) is 11.8 Å². The summed E-state index contributed by atoms with van der Waals surface area (Å²) in [5.41, 5.74) is 2.81. The Hall–Kier alpha value is -2.70. The van der Waals surface area contributed by atoms with E-state index in [1.54, 1.807) is 24.3 Å². The molecule has 1 heterocycles. The molecule has 6 heteroatoms. The highest BCUT2D eigenvalue weighted by Crippen LogP contribution is 2.14. The number of rotatable bonds is 7. The van der Waals surface area contributed by atoms with Crippen molar-refractivity contribution < 1.29 is 9.59 Å². The number of nitrogens with one attached hydrogen (secondary N) is 2. The Morgan fingerprint density at radius 2 is 1.39 bits per heavy atom. The Labute approximate surface area is 166 Å². The number of hydrogen-bond acceptors (Lipinski definition) is 4. The van der Waals surface area contributed by atoms with Crippen molar-refractivity contribution in [3.05, 3.63) is 60.2 Å². The minimum absolute atomic E-state index is 0.0130. The van der Waals surface area contributed by atoms with E-state index in [-0.39, 0.29) is 11.8 Å². The molecular weight excluding hydrogens is 352 g/mol. The molecule has 0 aliphatic carbocycles. The number of carbonyl (C=O) groups is 2. The number of carbonyl (C=O) groups excluding carboxylic acids is 2. The molecule has 0 atom stereocenters. The Morgan fingerprint density at radius 1 is 0.821 bits per heavy atom. The topological polar surface area (TPSA) is 64.7 Å². The van der Waals surface area contributed by atoms with Crippen LogP contribution in [-0.2, 0) is 16.1 Å². The van der Waals surface area contributed by atoms with Crippen molar-refractivity contribution in [2.45, 2.75) is 19.9 Å². The van der Waals surface area contributed by atoms with E-state index in [1.165, 1.54) is 12.5 Å². The van der Waals surface area contributed by atoms with Crippen molar-refractivity contribution in [3.63, 3.8) is 0 Å². The zero-order chi connectivity index (χ0) is 19.8. The summed E-state index contributed by atoms with van der Waals surface area (Å²) in [7, 11) is 0. The molecular formula is C22H28N4O2. The zero-order valence-corrected chi connectivity index (χ0v) is 16.4. The van der Waals surface area contributed by atoms with Gasteiger partial charge in [0.25, 0.3) is 0 Å². The zero-order valence-electron chi connectivity index (χ0n) is 16.4.